The Balaban J connectivity index is 2.02. The van der Waals surface area contributed by atoms with Crippen molar-refractivity contribution in [1.29, 1.82) is 0 Å². The van der Waals surface area contributed by atoms with Crippen LogP contribution in [0.3, 0.4) is 0 Å². The molecule has 1 heterocycles. The van der Waals surface area contributed by atoms with Gasteiger partial charge in [0.1, 0.15) is 5.75 Å². The van der Waals surface area contributed by atoms with E-state index >= 15 is 0 Å². The Morgan fingerprint density at radius 2 is 2.00 bits per heavy atom. The topological polar surface area (TPSA) is 65.0 Å². The van der Waals surface area contributed by atoms with Crippen molar-refractivity contribution in [2.45, 2.75) is 32.0 Å². The van der Waals surface area contributed by atoms with Gasteiger partial charge < -0.3 is 9.63 Å². The van der Waals surface area contributed by atoms with Gasteiger partial charge in [-0.1, -0.05) is 24.6 Å². The van der Waals surface area contributed by atoms with Gasteiger partial charge in [0, 0.05) is 6.42 Å². The molecule has 5 nitrogen and oxygen atoms in total. The highest BCUT2D eigenvalue weighted by molar-refractivity contribution is 7.47. The molecule has 1 fully saturated rings. The number of hydrogen-bond acceptors (Lipinski definition) is 4. The van der Waals surface area contributed by atoms with E-state index in [0.29, 0.717) is 12.2 Å². The van der Waals surface area contributed by atoms with E-state index in [1.54, 1.807) is 12.1 Å². The minimum Gasteiger partial charge on any atom is -0.464 e. The fraction of sp³-hybridized carbons (Fsp3) is 0.500. The highest BCUT2D eigenvalue weighted by Crippen LogP contribution is 2.46. The Morgan fingerprint density at radius 1 is 1.22 bits per heavy atom. The number of hydrogen-bond donors (Lipinski definition) is 1. The maximum absolute atomic E-state index is 11.6. The second-order valence-corrected chi connectivity index (χ2v) is 5.52. The lowest BCUT2D eigenvalue weighted by atomic mass is 10.2. The van der Waals surface area contributed by atoms with Crippen LogP contribution < -0.4 is 4.74 Å². The zero-order valence-electron chi connectivity index (χ0n) is 10.0. The molecule has 18 heavy (non-hydrogen) atoms. The molecule has 1 aliphatic rings. The Labute approximate surface area is 106 Å². The molecule has 0 saturated carbocycles. The van der Waals surface area contributed by atoms with Crippen molar-refractivity contribution < 1.29 is 23.2 Å². The summed E-state index contributed by atoms with van der Waals surface area (Å²) in [7, 11) is -4.00. The summed E-state index contributed by atoms with van der Waals surface area (Å²) >= 11 is 0. The predicted octanol–water partition coefficient (Wildman–Crippen LogP) is 3.10. The van der Waals surface area contributed by atoms with Crippen molar-refractivity contribution in [3.05, 3.63) is 30.3 Å². The monoisotopic (exact) mass is 272 g/mol. The molecule has 0 radical (unpaired) electrons. The number of para-hydroxylation sites is 1. The normalized spacial score (nSPS) is 29.9. The largest absolute Gasteiger partial charge is 0.475 e. The lowest BCUT2D eigenvalue weighted by Gasteiger charge is -2.20. The summed E-state index contributed by atoms with van der Waals surface area (Å²) in [4.78, 5) is 9.48. The van der Waals surface area contributed by atoms with E-state index in [1.165, 1.54) is 0 Å². The Hall–Kier alpha value is -0.870. The minimum absolute atomic E-state index is 0.242. The van der Waals surface area contributed by atoms with E-state index in [1.807, 2.05) is 18.2 Å². The molecular formula is C12H17O5P. The lowest BCUT2D eigenvalue weighted by Crippen LogP contribution is -2.19. The number of benzene rings is 1. The van der Waals surface area contributed by atoms with Gasteiger partial charge in [0.25, 0.3) is 0 Å². The van der Waals surface area contributed by atoms with Crippen LogP contribution in [0.15, 0.2) is 30.3 Å². The Morgan fingerprint density at radius 3 is 2.78 bits per heavy atom. The van der Waals surface area contributed by atoms with Gasteiger partial charge in [-0.05, 0) is 25.0 Å². The van der Waals surface area contributed by atoms with E-state index in [4.69, 9.17) is 13.8 Å². The van der Waals surface area contributed by atoms with Crippen LogP contribution in [0.1, 0.15) is 25.7 Å². The lowest BCUT2D eigenvalue weighted by molar-refractivity contribution is -0.0254. The van der Waals surface area contributed by atoms with Gasteiger partial charge in [0.15, 0.2) is 0 Å². The Bertz CT molecular complexity index is 408. The van der Waals surface area contributed by atoms with Crippen LogP contribution in [0.2, 0.25) is 0 Å². The van der Waals surface area contributed by atoms with E-state index in [9.17, 15) is 9.46 Å². The highest BCUT2D eigenvalue weighted by Gasteiger charge is 2.28. The van der Waals surface area contributed by atoms with E-state index in [-0.39, 0.29) is 6.61 Å². The van der Waals surface area contributed by atoms with Gasteiger partial charge in [0.05, 0.1) is 6.61 Å². The molecule has 1 saturated heterocycles. The van der Waals surface area contributed by atoms with Crippen LogP contribution >= 0.6 is 7.82 Å². The van der Waals surface area contributed by atoms with Crippen molar-refractivity contribution >= 4 is 7.82 Å². The fourth-order valence-electron chi connectivity index (χ4n) is 1.73. The number of ether oxygens (including phenoxy) is 1. The molecule has 0 aromatic heterocycles. The molecule has 100 valence electrons. The number of phosphoric ester groups is 1. The van der Waals surface area contributed by atoms with Gasteiger partial charge >= 0.3 is 7.82 Å². The first kappa shape index (κ1) is 13.6. The maximum atomic E-state index is 11.6. The SMILES string of the molecule is O=P1(O)OCCCCCC(Oc2ccccc2)O1. The van der Waals surface area contributed by atoms with E-state index in [0.717, 1.165) is 19.3 Å². The smallest absolute Gasteiger partial charge is 0.464 e. The standard InChI is InChI=1S/C12H17O5P/c13-18(14)15-10-6-2-5-9-12(17-18)16-11-7-3-1-4-8-11/h1,3-4,7-8,12H,2,5-6,9-10H2,(H,13,14). The van der Waals surface area contributed by atoms with Gasteiger partial charge in [-0.15, -0.1) is 0 Å². The molecule has 1 aliphatic heterocycles. The molecule has 1 aromatic carbocycles. The van der Waals surface area contributed by atoms with E-state index in [2.05, 4.69) is 0 Å². The van der Waals surface area contributed by atoms with Gasteiger partial charge in [-0.3, -0.25) is 4.52 Å². The van der Waals surface area contributed by atoms with Gasteiger partial charge in [-0.25, -0.2) is 9.09 Å². The molecule has 0 amide bonds. The molecule has 2 rings (SSSR count). The quantitative estimate of drug-likeness (QED) is 0.838. The maximum Gasteiger partial charge on any atom is 0.475 e. The van der Waals surface area contributed by atoms with Crippen LogP contribution in [-0.2, 0) is 13.6 Å². The zero-order chi connectivity index (χ0) is 12.8. The zero-order valence-corrected chi connectivity index (χ0v) is 10.9. The van der Waals surface area contributed by atoms with Crippen LogP contribution in [0.25, 0.3) is 0 Å². The summed E-state index contributed by atoms with van der Waals surface area (Å²) in [6, 6.07) is 9.09. The average molecular weight is 272 g/mol. The summed E-state index contributed by atoms with van der Waals surface area (Å²) in [5.74, 6) is 0.613. The van der Waals surface area contributed by atoms with Crippen molar-refractivity contribution in [1.82, 2.24) is 0 Å². The fourth-order valence-corrected chi connectivity index (χ4v) is 2.60. The summed E-state index contributed by atoms with van der Waals surface area (Å²) in [5, 5.41) is 0. The third-order valence-corrected chi connectivity index (χ3v) is 3.61. The minimum atomic E-state index is -4.00. The first-order valence-electron chi connectivity index (χ1n) is 6.03. The number of rotatable bonds is 2. The third kappa shape index (κ3) is 4.42. The predicted molar refractivity (Wildman–Crippen MR) is 66.2 cm³/mol. The molecular weight excluding hydrogens is 255 g/mol. The first-order valence-corrected chi connectivity index (χ1v) is 7.53. The van der Waals surface area contributed by atoms with Gasteiger partial charge in [0.2, 0.25) is 6.29 Å². The summed E-state index contributed by atoms with van der Waals surface area (Å²) in [5.41, 5.74) is 0. The van der Waals surface area contributed by atoms with Crippen LogP contribution in [0.4, 0.5) is 0 Å². The average Bonchev–Trinajstić information content (AvgIpc) is 2.41. The van der Waals surface area contributed by atoms with Crippen LogP contribution in [0, 0.1) is 0 Å². The molecule has 1 N–H and O–H groups in total. The molecule has 2 unspecified atom stereocenters. The Kier molecular flexibility index (Phi) is 4.78. The second-order valence-electron chi connectivity index (χ2n) is 4.12. The summed E-state index contributed by atoms with van der Waals surface area (Å²) in [6.07, 6.45) is 2.38. The molecule has 0 bridgehead atoms. The molecule has 2 atom stereocenters. The van der Waals surface area contributed by atoms with Crippen molar-refractivity contribution in [2.75, 3.05) is 6.61 Å². The van der Waals surface area contributed by atoms with Gasteiger partial charge in [-0.2, -0.15) is 0 Å². The van der Waals surface area contributed by atoms with E-state index < -0.39 is 14.1 Å². The number of phosphoric acid groups is 1. The summed E-state index contributed by atoms with van der Waals surface area (Å²) < 4.78 is 27.0. The first-order chi connectivity index (χ1) is 8.66. The third-order valence-electron chi connectivity index (χ3n) is 2.60. The van der Waals surface area contributed by atoms with Crippen molar-refractivity contribution in [2.24, 2.45) is 0 Å². The summed E-state index contributed by atoms with van der Waals surface area (Å²) in [6.45, 7) is 0.242. The van der Waals surface area contributed by atoms with Crippen molar-refractivity contribution in [3.63, 3.8) is 0 Å². The highest BCUT2D eigenvalue weighted by atomic mass is 31.2. The second kappa shape index (κ2) is 6.34. The van der Waals surface area contributed by atoms with Crippen LogP contribution in [0.5, 0.6) is 5.75 Å². The van der Waals surface area contributed by atoms with Crippen LogP contribution in [-0.4, -0.2) is 17.8 Å². The molecule has 6 heteroatoms. The molecule has 0 spiro atoms. The molecule has 1 aromatic rings. The molecule has 0 aliphatic carbocycles. The van der Waals surface area contributed by atoms with Crippen molar-refractivity contribution in [3.8, 4) is 5.75 Å².